The van der Waals surface area contributed by atoms with Crippen LogP contribution in [0.15, 0.2) is 29.2 Å². The zero-order valence-corrected chi connectivity index (χ0v) is 10.7. The first-order valence-electron chi connectivity index (χ1n) is 5.37. The number of nitrogens with zero attached hydrogens (tertiary/aromatic N) is 2. The van der Waals surface area contributed by atoms with Crippen molar-refractivity contribution in [2.24, 2.45) is 0 Å². The molecule has 0 aliphatic rings. The molecular weight excluding hydrogens is 224 g/mol. The van der Waals surface area contributed by atoms with Crippen molar-refractivity contribution < 1.29 is 4.63 Å². The maximum atomic E-state index is 5.89. The van der Waals surface area contributed by atoms with Crippen molar-refractivity contribution in [1.82, 2.24) is 10.3 Å². The highest BCUT2D eigenvalue weighted by molar-refractivity contribution is 6.30. The molecule has 0 aromatic carbocycles. The van der Waals surface area contributed by atoms with Gasteiger partial charge in [0.15, 0.2) is 0 Å². The first-order valence-corrected chi connectivity index (χ1v) is 5.75. The highest BCUT2D eigenvalue weighted by atomic mass is 35.5. The molecule has 0 aliphatic carbocycles. The van der Waals surface area contributed by atoms with E-state index >= 15 is 0 Å². The van der Waals surface area contributed by atoms with E-state index in [2.05, 4.69) is 31.1 Å². The van der Waals surface area contributed by atoms with Gasteiger partial charge in [0.1, 0.15) is 0 Å². The first-order chi connectivity index (χ1) is 7.56. The third-order valence-electron chi connectivity index (χ3n) is 2.54. The normalized spacial score (nSPS) is 11.0. The minimum Gasteiger partial charge on any atom is -0.245 e. The molecule has 0 unspecified atom stereocenters. The van der Waals surface area contributed by atoms with Crippen LogP contribution in [-0.4, -0.2) is 10.3 Å². The summed E-state index contributed by atoms with van der Waals surface area (Å²) in [5.74, 6) is 0. The Morgan fingerprint density at radius 3 is 2.62 bits per heavy atom. The van der Waals surface area contributed by atoms with Gasteiger partial charge in [-0.25, -0.2) is 4.63 Å². The van der Waals surface area contributed by atoms with E-state index in [-0.39, 0.29) is 5.41 Å². The molecule has 0 fully saturated rings. The molecule has 0 radical (unpaired) electrons. The van der Waals surface area contributed by atoms with Gasteiger partial charge in [0.2, 0.25) is 0 Å². The highest BCUT2D eigenvalue weighted by Gasteiger charge is 2.18. The second-order valence-corrected chi connectivity index (χ2v) is 4.79. The van der Waals surface area contributed by atoms with Crippen LogP contribution in [0.5, 0.6) is 0 Å². The molecule has 3 nitrogen and oxygen atoms in total. The fraction of sp³-hybridized carbons (Fsp3) is 0.500. The lowest BCUT2D eigenvalue weighted by Gasteiger charge is -2.23. The van der Waals surface area contributed by atoms with Crippen LogP contribution >= 0.6 is 11.6 Å². The molecule has 4 heteroatoms. The fourth-order valence-corrected chi connectivity index (χ4v) is 1.71. The number of hydrogen-bond donors (Lipinski definition) is 0. The zero-order chi connectivity index (χ0) is 12.0. The second kappa shape index (κ2) is 5.85. The predicted molar refractivity (Wildman–Crippen MR) is 64.9 cm³/mol. The molecule has 1 aromatic rings. The summed E-state index contributed by atoms with van der Waals surface area (Å²) in [6, 6.07) is 3.76. The number of hydrogen-bond acceptors (Lipinski definition) is 3. The topological polar surface area (TPSA) is 38.9 Å². The Labute approximate surface area is 101 Å². The Bertz CT molecular complexity index is 386. The van der Waals surface area contributed by atoms with E-state index in [9.17, 15) is 0 Å². The van der Waals surface area contributed by atoms with Gasteiger partial charge in [-0.1, -0.05) is 55.2 Å². The second-order valence-electron chi connectivity index (χ2n) is 4.36. The summed E-state index contributed by atoms with van der Waals surface area (Å²) in [6.07, 6.45) is 5.31. The average Bonchev–Trinajstić information content (AvgIpc) is 2.30. The van der Waals surface area contributed by atoms with E-state index in [1.807, 2.05) is 6.07 Å². The summed E-state index contributed by atoms with van der Waals surface area (Å²) in [5, 5.41) is 7.87. The lowest BCUT2D eigenvalue weighted by Crippen LogP contribution is -2.16. The highest BCUT2D eigenvalue weighted by Crippen LogP contribution is 2.27. The maximum Gasteiger partial charge on any atom is 0.0882 e. The van der Waals surface area contributed by atoms with Gasteiger partial charge in [-0.15, -0.1) is 0 Å². The van der Waals surface area contributed by atoms with Crippen LogP contribution in [-0.2, 0) is 5.41 Å². The van der Waals surface area contributed by atoms with Gasteiger partial charge >= 0.3 is 0 Å². The van der Waals surface area contributed by atoms with Gasteiger partial charge in [0, 0.05) is 0 Å². The molecule has 0 bridgehead atoms. The van der Waals surface area contributed by atoms with Crippen LogP contribution in [0.3, 0.4) is 0 Å². The largest absolute Gasteiger partial charge is 0.245 e. The van der Waals surface area contributed by atoms with Crippen LogP contribution in [0.1, 0.15) is 39.2 Å². The van der Waals surface area contributed by atoms with Crippen molar-refractivity contribution in [2.75, 3.05) is 0 Å². The summed E-state index contributed by atoms with van der Waals surface area (Å²) in [5.41, 5.74) is 1.14. The minimum atomic E-state index is 0.0552. The summed E-state index contributed by atoms with van der Waals surface area (Å²) < 4.78 is 4.70. The van der Waals surface area contributed by atoms with Crippen LogP contribution in [0.25, 0.3) is 0 Å². The van der Waals surface area contributed by atoms with Crippen LogP contribution < -0.4 is 0 Å². The van der Waals surface area contributed by atoms with Crippen molar-refractivity contribution in [3.05, 3.63) is 35.1 Å². The van der Waals surface area contributed by atoms with Crippen molar-refractivity contribution in [3.8, 4) is 0 Å². The first kappa shape index (κ1) is 13.0. The molecule has 0 saturated carbocycles. The monoisotopic (exact) mass is 240 g/mol. The van der Waals surface area contributed by atoms with Gasteiger partial charge in [0.05, 0.1) is 17.4 Å². The minimum absolute atomic E-state index is 0.0552. The number of rotatable bonds is 3. The van der Waals surface area contributed by atoms with E-state index in [0.717, 1.165) is 18.4 Å². The van der Waals surface area contributed by atoms with Gasteiger partial charge in [-0.2, -0.15) is 0 Å². The molecule has 0 spiro atoms. The summed E-state index contributed by atoms with van der Waals surface area (Å²) in [6.45, 7) is 6.51. The lowest BCUT2D eigenvalue weighted by atomic mass is 9.82. The Morgan fingerprint density at radius 1 is 1.25 bits per heavy atom. The zero-order valence-electron chi connectivity index (χ0n) is 9.90. The Balaban J connectivity index is 3.19. The number of halogens is 1. The fourth-order valence-electron chi connectivity index (χ4n) is 1.61. The average molecular weight is 241 g/mol. The van der Waals surface area contributed by atoms with Crippen molar-refractivity contribution in [3.63, 3.8) is 0 Å². The van der Waals surface area contributed by atoms with E-state index < -0.39 is 0 Å². The van der Waals surface area contributed by atoms with E-state index in [1.54, 1.807) is 12.3 Å². The molecule has 1 rings (SSSR count). The predicted octanol–water partition coefficient (Wildman–Crippen LogP) is 3.93. The molecule has 88 valence electrons. The lowest BCUT2D eigenvalue weighted by molar-refractivity contribution is 0.285. The van der Waals surface area contributed by atoms with E-state index in [4.69, 9.17) is 16.2 Å². The summed E-state index contributed by atoms with van der Waals surface area (Å²) in [7, 11) is 0. The van der Waals surface area contributed by atoms with E-state index in [0.29, 0.717) is 5.02 Å². The standard InChI is InChI=1S/C12H17ClN2O/c1-4-7-12(2,3)10-5-6-11(13)9-15-16-14-8-10/h5-6,8-9H,4,7H2,1-3H3. The van der Waals surface area contributed by atoms with Gasteiger partial charge in [-0.05, 0) is 23.5 Å². The molecule has 0 saturated heterocycles. The smallest absolute Gasteiger partial charge is 0.0882 e. The summed E-state index contributed by atoms with van der Waals surface area (Å²) in [4.78, 5) is 0. The SMILES string of the molecule is CCCC(C)(C)c1ccc(Cl)cnonc1. The van der Waals surface area contributed by atoms with Crippen molar-refractivity contribution in [2.45, 2.75) is 39.0 Å². The maximum absolute atomic E-state index is 5.89. The Hall–Kier alpha value is -1.09. The third-order valence-corrected chi connectivity index (χ3v) is 2.76. The molecule has 0 N–H and O–H groups in total. The molecule has 1 heterocycles. The van der Waals surface area contributed by atoms with Gasteiger partial charge in [0.25, 0.3) is 0 Å². The molecule has 0 atom stereocenters. The Morgan fingerprint density at radius 2 is 1.94 bits per heavy atom. The molecule has 1 aromatic heterocycles. The Kier molecular flexibility index (Phi) is 4.74. The van der Waals surface area contributed by atoms with Crippen LogP contribution in [0.2, 0.25) is 5.02 Å². The van der Waals surface area contributed by atoms with Gasteiger partial charge < -0.3 is 0 Å². The third kappa shape index (κ3) is 3.81. The molecule has 0 amide bonds. The van der Waals surface area contributed by atoms with Crippen molar-refractivity contribution in [1.29, 1.82) is 0 Å². The summed E-state index contributed by atoms with van der Waals surface area (Å²) >= 11 is 5.89. The van der Waals surface area contributed by atoms with Crippen LogP contribution in [0.4, 0.5) is 0 Å². The van der Waals surface area contributed by atoms with Gasteiger partial charge in [-0.3, -0.25) is 0 Å². The number of aromatic nitrogens is 2. The van der Waals surface area contributed by atoms with Crippen LogP contribution in [0, 0.1) is 0 Å². The molecule has 0 aliphatic heterocycles. The molecule has 16 heavy (non-hydrogen) atoms. The molecular formula is C12H17ClN2O. The quantitative estimate of drug-likeness (QED) is 0.804. The van der Waals surface area contributed by atoms with Crippen molar-refractivity contribution >= 4 is 11.6 Å². The van der Waals surface area contributed by atoms with E-state index in [1.165, 1.54) is 6.20 Å².